The van der Waals surface area contributed by atoms with Crippen LogP contribution in [-0.2, 0) is 9.53 Å². The summed E-state index contributed by atoms with van der Waals surface area (Å²) in [5, 5.41) is 14.5. The number of aliphatic hydroxyl groups excluding tert-OH is 1. The monoisotopic (exact) mass is 539 g/mol. The molecular weight excluding hydrogens is 514 g/mol. The zero-order chi connectivity index (χ0) is 25.0. The summed E-state index contributed by atoms with van der Waals surface area (Å²) < 4.78 is 12.2. The Kier molecular flexibility index (Phi) is 9.70. The first kappa shape index (κ1) is 25.8. The summed E-state index contributed by atoms with van der Waals surface area (Å²) in [6, 6.07) is 21.1. The molecule has 0 fully saturated rings. The van der Waals surface area contributed by atoms with Gasteiger partial charge < -0.3 is 25.6 Å². The molecule has 0 saturated heterocycles. The molecule has 0 aliphatic rings. The van der Waals surface area contributed by atoms with E-state index in [-0.39, 0.29) is 25.5 Å². The number of nitrogens with one attached hydrogen (secondary N) is 2. The molecule has 0 radical (unpaired) electrons. The van der Waals surface area contributed by atoms with Crippen LogP contribution in [-0.4, -0.2) is 30.3 Å². The molecule has 8 nitrogen and oxygen atoms in total. The Bertz CT molecular complexity index is 1170. The zero-order valence-corrected chi connectivity index (χ0v) is 20.4. The lowest BCUT2D eigenvalue weighted by Crippen LogP contribution is -2.18. The molecule has 3 aromatic carbocycles. The lowest BCUT2D eigenvalue weighted by Gasteiger charge is -2.20. The first-order valence-electron chi connectivity index (χ1n) is 10.8. The molecule has 0 aliphatic heterocycles. The largest absolute Gasteiger partial charge is 0.491 e. The Hall–Kier alpha value is -3.82. The van der Waals surface area contributed by atoms with Crippen LogP contribution in [0, 0.1) is 0 Å². The number of para-hydroxylation sites is 3. The average Bonchev–Trinajstić information content (AvgIpc) is 2.85. The number of benzene rings is 3. The number of carbonyl (C=O) groups excluding carboxylic acids is 2. The molecule has 0 aromatic heterocycles. The summed E-state index contributed by atoms with van der Waals surface area (Å²) in [5.41, 5.74) is 7.99. The number of ether oxygens (including phenoxy) is 2. The van der Waals surface area contributed by atoms with Crippen LogP contribution < -0.4 is 21.1 Å². The molecule has 1 atom stereocenters. The van der Waals surface area contributed by atoms with Gasteiger partial charge in [-0.15, -0.1) is 0 Å². The molecule has 0 bridgehead atoms. The molecule has 35 heavy (non-hydrogen) atoms. The second-order valence-corrected chi connectivity index (χ2v) is 8.27. The minimum atomic E-state index is -0.758. The maximum atomic E-state index is 12.6. The van der Waals surface area contributed by atoms with E-state index >= 15 is 0 Å². The number of aliphatic hydroxyl groups is 1. The first-order valence-corrected chi connectivity index (χ1v) is 11.6. The fourth-order valence-corrected chi connectivity index (χ4v) is 3.43. The lowest BCUT2D eigenvalue weighted by molar-refractivity contribution is -0.111. The summed E-state index contributed by atoms with van der Waals surface area (Å²) in [7, 11) is 0. The molecule has 5 N–H and O–H groups in total. The van der Waals surface area contributed by atoms with Gasteiger partial charge in [-0.2, -0.15) is 0 Å². The number of nitrogens with two attached hydrogens (primary N) is 1. The number of hydrogen-bond donors (Lipinski definition) is 4. The smallest absolute Gasteiger partial charge is 0.412 e. The van der Waals surface area contributed by atoms with Crippen LogP contribution in [0.2, 0.25) is 0 Å². The minimum Gasteiger partial charge on any atom is -0.491 e. The van der Waals surface area contributed by atoms with Crippen molar-refractivity contribution >= 4 is 45.0 Å². The van der Waals surface area contributed by atoms with Crippen LogP contribution >= 0.6 is 15.9 Å². The third kappa shape index (κ3) is 8.16. The number of hydrogen-bond acceptors (Lipinski definition) is 6. The highest BCUT2D eigenvalue weighted by molar-refractivity contribution is 9.10. The van der Waals surface area contributed by atoms with Gasteiger partial charge in [0.25, 0.3) is 0 Å². The Morgan fingerprint density at radius 3 is 2.46 bits per heavy atom. The predicted octanol–water partition coefficient (Wildman–Crippen LogP) is 5.28. The van der Waals surface area contributed by atoms with E-state index in [1.165, 1.54) is 6.08 Å². The van der Waals surface area contributed by atoms with Crippen molar-refractivity contribution in [3.63, 3.8) is 0 Å². The Morgan fingerprint density at radius 2 is 1.71 bits per heavy atom. The van der Waals surface area contributed by atoms with Gasteiger partial charge in [0.15, 0.2) is 0 Å². The molecule has 0 saturated carbocycles. The fraction of sp³-hybridized carbons (Fsp3) is 0.154. The highest BCUT2D eigenvalue weighted by Gasteiger charge is 2.20. The fourth-order valence-electron chi connectivity index (χ4n) is 3.17. The van der Waals surface area contributed by atoms with Crippen LogP contribution in [0.5, 0.6) is 5.75 Å². The van der Waals surface area contributed by atoms with Gasteiger partial charge in [-0.1, -0.05) is 52.3 Å². The summed E-state index contributed by atoms with van der Waals surface area (Å²) in [4.78, 5) is 25.0. The van der Waals surface area contributed by atoms with Gasteiger partial charge in [-0.3, -0.25) is 10.1 Å². The quantitative estimate of drug-likeness (QED) is 0.205. The number of carbonyl (C=O) groups is 2. The second kappa shape index (κ2) is 13.2. The number of nitrogen functional groups attached to an aromatic ring is 1. The minimum absolute atomic E-state index is 0.0889. The topological polar surface area (TPSA) is 123 Å². The summed E-state index contributed by atoms with van der Waals surface area (Å²) in [6.45, 7) is -0.0713. The Morgan fingerprint density at radius 1 is 1.00 bits per heavy atom. The number of anilines is 3. The highest BCUT2D eigenvalue weighted by atomic mass is 79.9. The lowest BCUT2D eigenvalue weighted by atomic mass is 10.0. The summed E-state index contributed by atoms with van der Waals surface area (Å²) in [5.74, 6) is 0.101. The van der Waals surface area contributed by atoms with Crippen molar-refractivity contribution in [3.05, 3.63) is 95.0 Å². The third-order valence-corrected chi connectivity index (χ3v) is 5.32. The van der Waals surface area contributed by atoms with Gasteiger partial charge in [0.2, 0.25) is 5.91 Å². The van der Waals surface area contributed by atoms with Crippen LogP contribution in [0.1, 0.15) is 18.1 Å². The maximum Gasteiger partial charge on any atom is 0.412 e. The SMILES string of the molecule is Nc1ccccc1NC(=O)/C=C/C[C@@H](OC(=O)Nc1ccc(Br)cc1)c1ccccc1OCCO. The zero-order valence-electron chi connectivity index (χ0n) is 18.8. The summed E-state index contributed by atoms with van der Waals surface area (Å²) >= 11 is 3.35. The normalized spacial score (nSPS) is 11.6. The van der Waals surface area contributed by atoms with Crippen molar-refractivity contribution in [2.45, 2.75) is 12.5 Å². The van der Waals surface area contributed by atoms with E-state index in [0.29, 0.717) is 28.4 Å². The van der Waals surface area contributed by atoms with E-state index in [2.05, 4.69) is 26.6 Å². The van der Waals surface area contributed by atoms with Crippen molar-refractivity contribution in [2.75, 3.05) is 29.6 Å². The van der Waals surface area contributed by atoms with Gasteiger partial charge in [-0.25, -0.2) is 4.79 Å². The number of halogens is 1. The van der Waals surface area contributed by atoms with Gasteiger partial charge in [0.05, 0.1) is 18.0 Å². The summed E-state index contributed by atoms with van der Waals surface area (Å²) in [6.07, 6.45) is 1.74. The number of amides is 2. The highest BCUT2D eigenvalue weighted by Crippen LogP contribution is 2.31. The maximum absolute atomic E-state index is 12.6. The van der Waals surface area contributed by atoms with E-state index in [1.807, 2.05) is 0 Å². The standard InChI is InChI=1S/C26H26BrN3O5/c27-18-12-14-19(15-13-18)29-26(33)35-24(20-6-1-4-9-23(20)34-17-16-31)10-5-11-25(32)30-22-8-3-2-7-21(22)28/h1-9,11-15,24,31H,10,16-17,28H2,(H,29,33)(H,30,32)/b11-5+/t24-/m1/s1. The molecule has 0 spiro atoms. The van der Waals surface area contributed by atoms with Crippen LogP contribution in [0.4, 0.5) is 21.9 Å². The second-order valence-electron chi connectivity index (χ2n) is 7.35. The van der Waals surface area contributed by atoms with Crippen LogP contribution in [0.15, 0.2) is 89.4 Å². The average molecular weight is 540 g/mol. The van der Waals surface area contributed by atoms with Gasteiger partial charge >= 0.3 is 6.09 Å². The van der Waals surface area contributed by atoms with Crippen molar-refractivity contribution in [3.8, 4) is 5.75 Å². The van der Waals surface area contributed by atoms with E-state index in [9.17, 15) is 9.59 Å². The van der Waals surface area contributed by atoms with E-state index in [1.54, 1.807) is 78.9 Å². The molecule has 2 amide bonds. The van der Waals surface area contributed by atoms with Gasteiger partial charge in [0, 0.05) is 22.1 Å². The van der Waals surface area contributed by atoms with Crippen molar-refractivity contribution in [1.29, 1.82) is 0 Å². The van der Waals surface area contributed by atoms with E-state index < -0.39 is 12.2 Å². The molecule has 9 heteroatoms. The molecule has 0 heterocycles. The number of rotatable bonds is 10. The molecule has 182 valence electrons. The third-order valence-electron chi connectivity index (χ3n) is 4.79. The van der Waals surface area contributed by atoms with Crippen molar-refractivity contribution in [2.24, 2.45) is 0 Å². The van der Waals surface area contributed by atoms with E-state index in [0.717, 1.165) is 4.47 Å². The van der Waals surface area contributed by atoms with Crippen molar-refractivity contribution in [1.82, 2.24) is 0 Å². The van der Waals surface area contributed by atoms with Gasteiger partial charge in [-0.05, 0) is 48.5 Å². The van der Waals surface area contributed by atoms with Gasteiger partial charge in [0.1, 0.15) is 18.5 Å². The van der Waals surface area contributed by atoms with Crippen LogP contribution in [0.25, 0.3) is 0 Å². The molecule has 3 aromatic rings. The predicted molar refractivity (Wildman–Crippen MR) is 139 cm³/mol. The Labute approximate surface area is 211 Å². The molecule has 0 unspecified atom stereocenters. The molecule has 0 aliphatic carbocycles. The Balaban J connectivity index is 1.74. The molecule has 3 rings (SSSR count). The molecular formula is C26H26BrN3O5. The van der Waals surface area contributed by atoms with E-state index in [4.69, 9.17) is 20.3 Å². The van der Waals surface area contributed by atoms with Crippen molar-refractivity contribution < 1.29 is 24.2 Å². The first-order chi connectivity index (χ1) is 17.0. The van der Waals surface area contributed by atoms with Crippen LogP contribution in [0.3, 0.4) is 0 Å².